The van der Waals surface area contributed by atoms with Gasteiger partial charge in [-0.1, -0.05) is 6.92 Å². The minimum atomic E-state index is 0.157. The molecule has 0 fully saturated rings. The second kappa shape index (κ2) is 3.78. The van der Waals surface area contributed by atoms with Crippen LogP contribution in [-0.4, -0.2) is 13.2 Å². The predicted molar refractivity (Wildman–Crippen MR) is 55.1 cm³/mol. The summed E-state index contributed by atoms with van der Waals surface area (Å²) >= 11 is 1.86. The fourth-order valence-corrected chi connectivity index (χ4v) is 3.03. The molecule has 1 aliphatic rings. The van der Waals surface area contributed by atoms with Crippen LogP contribution >= 0.6 is 11.3 Å². The fourth-order valence-electron chi connectivity index (χ4n) is 1.87. The molecule has 0 radical (unpaired) electrons. The van der Waals surface area contributed by atoms with E-state index in [1.54, 1.807) is 0 Å². The first-order chi connectivity index (χ1) is 6.36. The summed E-state index contributed by atoms with van der Waals surface area (Å²) in [5, 5.41) is 2.25. The SMILES string of the molecule is CCc1csc2c1C(CN)OCC2. The van der Waals surface area contributed by atoms with E-state index >= 15 is 0 Å². The number of fused-ring (bicyclic) bond motifs is 1. The van der Waals surface area contributed by atoms with Crippen LogP contribution in [0.4, 0.5) is 0 Å². The number of ether oxygens (including phenoxy) is 1. The zero-order valence-electron chi connectivity index (χ0n) is 7.88. The van der Waals surface area contributed by atoms with Gasteiger partial charge in [-0.25, -0.2) is 0 Å². The highest BCUT2D eigenvalue weighted by molar-refractivity contribution is 7.10. The lowest BCUT2D eigenvalue weighted by Gasteiger charge is -2.23. The average molecular weight is 197 g/mol. The van der Waals surface area contributed by atoms with Gasteiger partial charge in [-0.2, -0.15) is 0 Å². The first-order valence-corrected chi connectivity index (χ1v) is 5.65. The number of aryl methyl sites for hydroxylation is 1. The first-order valence-electron chi connectivity index (χ1n) is 4.77. The lowest BCUT2D eigenvalue weighted by Crippen LogP contribution is -2.22. The van der Waals surface area contributed by atoms with E-state index in [2.05, 4.69) is 12.3 Å². The Balaban J connectivity index is 2.39. The van der Waals surface area contributed by atoms with Gasteiger partial charge in [-0.15, -0.1) is 11.3 Å². The van der Waals surface area contributed by atoms with Gasteiger partial charge in [0.25, 0.3) is 0 Å². The van der Waals surface area contributed by atoms with E-state index in [1.165, 1.54) is 16.0 Å². The average Bonchev–Trinajstić information content (AvgIpc) is 2.60. The van der Waals surface area contributed by atoms with Gasteiger partial charge in [0.05, 0.1) is 12.7 Å². The summed E-state index contributed by atoms with van der Waals surface area (Å²) in [7, 11) is 0. The molecule has 1 unspecified atom stereocenters. The molecule has 3 heteroatoms. The van der Waals surface area contributed by atoms with Crippen molar-refractivity contribution in [1.29, 1.82) is 0 Å². The number of hydrogen-bond acceptors (Lipinski definition) is 3. The van der Waals surface area contributed by atoms with Crippen molar-refractivity contribution in [3.63, 3.8) is 0 Å². The molecule has 13 heavy (non-hydrogen) atoms. The van der Waals surface area contributed by atoms with Gasteiger partial charge in [0.1, 0.15) is 0 Å². The normalized spacial score (nSPS) is 21.5. The van der Waals surface area contributed by atoms with Crippen LogP contribution in [0.5, 0.6) is 0 Å². The maximum atomic E-state index is 5.68. The second-order valence-corrected chi connectivity index (χ2v) is 4.26. The molecule has 2 heterocycles. The first kappa shape index (κ1) is 9.19. The number of nitrogens with two attached hydrogens (primary N) is 1. The monoisotopic (exact) mass is 197 g/mol. The van der Waals surface area contributed by atoms with Gasteiger partial charge < -0.3 is 10.5 Å². The van der Waals surface area contributed by atoms with Crippen molar-refractivity contribution < 1.29 is 4.74 Å². The predicted octanol–water partition coefficient (Wildman–Crippen LogP) is 1.88. The summed E-state index contributed by atoms with van der Waals surface area (Å²) in [5.74, 6) is 0. The van der Waals surface area contributed by atoms with Crippen molar-refractivity contribution >= 4 is 11.3 Å². The van der Waals surface area contributed by atoms with Crippen molar-refractivity contribution in [3.8, 4) is 0 Å². The Bertz CT molecular complexity index is 282. The van der Waals surface area contributed by atoms with Gasteiger partial charge in [0, 0.05) is 17.8 Å². The van der Waals surface area contributed by atoms with Crippen LogP contribution in [0.2, 0.25) is 0 Å². The van der Waals surface area contributed by atoms with Gasteiger partial charge in [-0.3, -0.25) is 0 Å². The molecule has 0 saturated heterocycles. The van der Waals surface area contributed by atoms with Crippen molar-refractivity contribution in [3.05, 3.63) is 21.4 Å². The summed E-state index contributed by atoms with van der Waals surface area (Å²) in [4.78, 5) is 1.48. The van der Waals surface area contributed by atoms with E-state index in [0.717, 1.165) is 19.4 Å². The Labute approximate surface area is 82.7 Å². The molecule has 0 aromatic carbocycles. The Morgan fingerprint density at radius 2 is 2.54 bits per heavy atom. The Morgan fingerprint density at radius 1 is 1.69 bits per heavy atom. The quantitative estimate of drug-likeness (QED) is 0.785. The third-order valence-corrected chi connectivity index (χ3v) is 3.67. The molecule has 1 atom stereocenters. The van der Waals surface area contributed by atoms with Crippen LogP contribution in [-0.2, 0) is 17.6 Å². The van der Waals surface area contributed by atoms with E-state index in [-0.39, 0.29) is 6.10 Å². The van der Waals surface area contributed by atoms with E-state index < -0.39 is 0 Å². The molecule has 2 N–H and O–H groups in total. The van der Waals surface area contributed by atoms with Crippen molar-refractivity contribution in [2.75, 3.05) is 13.2 Å². The topological polar surface area (TPSA) is 35.2 Å². The molecule has 72 valence electrons. The summed E-state index contributed by atoms with van der Waals surface area (Å²) in [6, 6.07) is 0. The second-order valence-electron chi connectivity index (χ2n) is 3.30. The lowest BCUT2D eigenvalue weighted by atomic mass is 10.00. The molecule has 1 aromatic rings. The maximum absolute atomic E-state index is 5.68. The van der Waals surface area contributed by atoms with Gasteiger partial charge in [-0.05, 0) is 22.9 Å². The van der Waals surface area contributed by atoms with Crippen molar-refractivity contribution in [2.45, 2.75) is 25.9 Å². The van der Waals surface area contributed by atoms with Crippen LogP contribution in [0.3, 0.4) is 0 Å². The van der Waals surface area contributed by atoms with E-state index in [1.807, 2.05) is 11.3 Å². The standard InChI is InChI=1S/C10H15NOS/c1-2-7-6-13-9-3-4-12-8(5-11)10(7)9/h6,8H,2-5,11H2,1H3. The molecule has 0 aliphatic carbocycles. The zero-order valence-corrected chi connectivity index (χ0v) is 8.69. The van der Waals surface area contributed by atoms with Gasteiger partial charge >= 0.3 is 0 Å². The molecule has 0 spiro atoms. The highest BCUT2D eigenvalue weighted by Crippen LogP contribution is 2.34. The Kier molecular flexibility index (Phi) is 2.67. The molecule has 0 bridgehead atoms. The van der Waals surface area contributed by atoms with Gasteiger partial charge in [0.15, 0.2) is 0 Å². The minimum absolute atomic E-state index is 0.157. The molecular formula is C10H15NOS. The largest absolute Gasteiger partial charge is 0.372 e. The third kappa shape index (κ3) is 1.52. The molecule has 1 aromatic heterocycles. The molecule has 2 nitrogen and oxygen atoms in total. The highest BCUT2D eigenvalue weighted by Gasteiger charge is 2.23. The van der Waals surface area contributed by atoms with Gasteiger partial charge in [0.2, 0.25) is 0 Å². The minimum Gasteiger partial charge on any atom is -0.372 e. The van der Waals surface area contributed by atoms with E-state index in [4.69, 9.17) is 10.5 Å². The summed E-state index contributed by atoms with van der Waals surface area (Å²) in [6.07, 6.45) is 2.31. The van der Waals surface area contributed by atoms with Crippen molar-refractivity contribution in [1.82, 2.24) is 0 Å². The number of thiophene rings is 1. The number of rotatable bonds is 2. The molecule has 2 rings (SSSR count). The summed E-state index contributed by atoms with van der Waals surface area (Å²) < 4.78 is 5.64. The molecule has 1 aliphatic heterocycles. The zero-order chi connectivity index (χ0) is 9.26. The molecular weight excluding hydrogens is 182 g/mol. The highest BCUT2D eigenvalue weighted by atomic mass is 32.1. The Morgan fingerprint density at radius 3 is 3.23 bits per heavy atom. The van der Waals surface area contributed by atoms with Crippen LogP contribution in [0.25, 0.3) is 0 Å². The molecule has 0 amide bonds. The van der Waals surface area contributed by atoms with Crippen LogP contribution in [0, 0.1) is 0 Å². The fraction of sp³-hybridized carbons (Fsp3) is 0.600. The Hall–Kier alpha value is -0.380. The maximum Gasteiger partial charge on any atom is 0.0960 e. The van der Waals surface area contributed by atoms with Crippen molar-refractivity contribution in [2.24, 2.45) is 5.73 Å². The van der Waals surface area contributed by atoms with E-state index in [9.17, 15) is 0 Å². The molecule has 0 saturated carbocycles. The smallest absolute Gasteiger partial charge is 0.0960 e. The van der Waals surface area contributed by atoms with E-state index in [0.29, 0.717) is 6.54 Å². The summed E-state index contributed by atoms with van der Waals surface area (Å²) in [5.41, 5.74) is 8.50. The number of hydrogen-bond donors (Lipinski definition) is 1. The lowest BCUT2D eigenvalue weighted by molar-refractivity contribution is 0.0492. The van der Waals surface area contributed by atoms with Crippen LogP contribution < -0.4 is 5.73 Å². The third-order valence-electron chi connectivity index (χ3n) is 2.55. The van der Waals surface area contributed by atoms with Crippen LogP contribution in [0.15, 0.2) is 5.38 Å². The van der Waals surface area contributed by atoms with Crippen LogP contribution in [0.1, 0.15) is 29.0 Å². The summed E-state index contributed by atoms with van der Waals surface area (Å²) in [6.45, 7) is 3.62.